The quantitative estimate of drug-likeness (QED) is 0.357. The number of amides is 2. The number of esters is 1. The summed E-state index contributed by atoms with van der Waals surface area (Å²) in [7, 11) is 0. The van der Waals surface area contributed by atoms with E-state index in [0.29, 0.717) is 11.1 Å². The average Bonchev–Trinajstić information content (AvgIpc) is 2.87. The summed E-state index contributed by atoms with van der Waals surface area (Å²) >= 11 is 0. The van der Waals surface area contributed by atoms with Crippen molar-refractivity contribution >= 4 is 23.5 Å². The van der Waals surface area contributed by atoms with Crippen molar-refractivity contribution in [2.75, 3.05) is 13.2 Å². The van der Waals surface area contributed by atoms with Gasteiger partial charge in [-0.05, 0) is 24.3 Å². The van der Waals surface area contributed by atoms with Gasteiger partial charge in [-0.3, -0.25) is 24.6 Å². The molecular formula is C17H12N2O6. The largest absolute Gasteiger partial charge is 0.460 e. The molecule has 0 radical (unpaired) electrons. The van der Waals surface area contributed by atoms with Crippen molar-refractivity contribution in [1.29, 1.82) is 0 Å². The van der Waals surface area contributed by atoms with E-state index in [0.717, 1.165) is 4.90 Å². The molecule has 0 bridgehead atoms. The number of hydrogen-bond donors (Lipinski definition) is 0. The molecule has 0 spiro atoms. The average molecular weight is 340 g/mol. The van der Waals surface area contributed by atoms with E-state index in [4.69, 9.17) is 4.74 Å². The first kappa shape index (κ1) is 16.3. The van der Waals surface area contributed by atoms with Crippen molar-refractivity contribution in [3.05, 3.63) is 75.3 Å². The third-order valence-corrected chi connectivity index (χ3v) is 3.74. The highest BCUT2D eigenvalue weighted by Gasteiger charge is 2.34. The second-order valence-corrected chi connectivity index (χ2v) is 5.25. The lowest BCUT2D eigenvalue weighted by Gasteiger charge is -2.13. The van der Waals surface area contributed by atoms with Gasteiger partial charge in [-0.1, -0.05) is 12.1 Å². The zero-order chi connectivity index (χ0) is 18.0. The normalized spacial score (nSPS) is 12.9. The van der Waals surface area contributed by atoms with Crippen LogP contribution in [-0.4, -0.2) is 40.8 Å². The van der Waals surface area contributed by atoms with Crippen molar-refractivity contribution in [1.82, 2.24) is 4.90 Å². The number of non-ortho nitro benzene ring substituents is 1. The topological polar surface area (TPSA) is 107 Å². The number of hydrogen-bond acceptors (Lipinski definition) is 6. The fourth-order valence-corrected chi connectivity index (χ4v) is 2.47. The zero-order valence-corrected chi connectivity index (χ0v) is 12.9. The molecule has 0 fully saturated rings. The Labute approximate surface area is 141 Å². The fraction of sp³-hybridized carbons (Fsp3) is 0.118. The number of nitrogens with zero attached hydrogens (tertiary/aromatic N) is 2. The molecule has 2 aromatic rings. The van der Waals surface area contributed by atoms with Crippen LogP contribution in [0.3, 0.4) is 0 Å². The molecule has 1 aliphatic heterocycles. The molecule has 0 saturated carbocycles. The molecular weight excluding hydrogens is 328 g/mol. The zero-order valence-electron chi connectivity index (χ0n) is 12.9. The number of carbonyl (C=O) groups is 3. The van der Waals surface area contributed by atoms with Crippen molar-refractivity contribution in [2.24, 2.45) is 0 Å². The molecule has 8 heteroatoms. The van der Waals surface area contributed by atoms with Gasteiger partial charge in [0.05, 0.1) is 28.2 Å². The highest BCUT2D eigenvalue weighted by atomic mass is 16.6. The predicted molar refractivity (Wildman–Crippen MR) is 85.2 cm³/mol. The Morgan fingerprint density at radius 3 is 2.08 bits per heavy atom. The fourth-order valence-electron chi connectivity index (χ4n) is 2.47. The van der Waals surface area contributed by atoms with Crippen molar-refractivity contribution in [2.45, 2.75) is 0 Å². The van der Waals surface area contributed by atoms with Crippen LogP contribution >= 0.6 is 0 Å². The molecule has 1 heterocycles. The standard InChI is InChI=1S/C17H12N2O6/c20-15-13-3-1-2-4-14(13)16(21)18(15)9-10-25-17(22)11-5-7-12(8-6-11)19(23)24/h1-8H,9-10H2. The number of ether oxygens (including phenoxy) is 1. The van der Waals surface area contributed by atoms with Crippen LogP contribution in [-0.2, 0) is 4.74 Å². The van der Waals surface area contributed by atoms with Gasteiger partial charge >= 0.3 is 5.97 Å². The molecule has 1 aliphatic rings. The number of fused-ring (bicyclic) bond motifs is 1. The number of nitro groups is 1. The Kier molecular flexibility index (Phi) is 4.25. The minimum atomic E-state index is -0.688. The predicted octanol–water partition coefficient (Wildman–Crippen LogP) is 2.05. The number of nitro benzene ring substituents is 1. The molecule has 0 aliphatic carbocycles. The Morgan fingerprint density at radius 1 is 1.00 bits per heavy atom. The molecule has 0 aromatic heterocycles. The van der Waals surface area contributed by atoms with Gasteiger partial charge < -0.3 is 4.74 Å². The molecule has 2 aromatic carbocycles. The summed E-state index contributed by atoms with van der Waals surface area (Å²) in [6.07, 6.45) is 0. The van der Waals surface area contributed by atoms with Crippen LogP contribution in [0.1, 0.15) is 31.1 Å². The third kappa shape index (κ3) is 3.09. The summed E-state index contributed by atoms with van der Waals surface area (Å²) in [5.41, 5.74) is 0.666. The molecule has 0 N–H and O–H groups in total. The monoisotopic (exact) mass is 340 g/mol. The molecule has 0 saturated heterocycles. The molecule has 0 unspecified atom stereocenters. The van der Waals surface area contributed by atoms with Crippen molar-refractivity contribution in [3.63, 3.8) is 0 Å². The minimum absolute atomic E-state index is 0.0644. The molecule has 2 amide bonds. The van der Waals surface area contributed by atoms with Crippen molar-refractivity contribution < 1.29 is 24.0 Å². The van der Waals surface area contributed by atoms with Crippen LogP contribution in [0.5, 0.6) is 0 Å². The summed E-state index contributed by atoms with van der Waals surface area (Å²) in [4.78, 5) is 47.2. The van der Waals surface area contributed by atoms with Gasteiger partial charge in [0, 0.05) is 12.1 Å². The first-order chi connectivity index (χ1) is 12.0. The van der Waals surface area contributed by atoms with Gasteiger partial charge in [0.15, 0.2) is 0 Å². The number of imide groups is 1. The van der Waals surface area contributed by atoms with E-state index in [1.807, 2.05) is 0 Å². The summed E-state index contributed by atoms with van der Waals surface area (Å²) in [5.74, 6) is -1.54. The van der Waals surface area contributed by atoms with Gasteiger partial charge in [-0.2, -0.15) is 0 Å². The summed E-state index contributed by atoms with van der Waals surface area (Å²) in [6, 6.07) is 11.4. The Hall–Kier alpha value is -3.55. The molecule has 0 atom stereocenters. The van der Waals surface area contributed by atoms with E-state index < -0.39 is 22.7 Å². The van der Waals surface area contributed by atoms with Gasteiger partial charge in [-0.15, -0.1) is 0 Å². The maximum absolute atomic E-state index is 12.2. The lowest BCUT2D eigenvalue weighted by Crippen LogP contribution is -2.33. The maximum Gasteiger partial charge on any atom is 0.338 e. The maximum atomic E-state index is 12.2. The highest BCUT2D eigenvalue weighted by molar-refractivity contribution is 6.21. The van der Waals surface area contributed by atoms with E-state index >= 15 is 0 Å². The Morgan fingerprint density at radius 2 is 1.56 bits per heavy atom. The van der Waals surface area contributed by atoms with Gasteiger partial charge in [0.25, 0.3) is 17.5 Å². The summed E-state index contributed by atoms with van der Waals surface area (Å²) in [6.45, 7) is -0.230. The van der Waals surface area contributed by atoms with E-state index in [1.54, 1.807) is 24.3 Å². The summed E-state index contributed by atoms with van der Waals surface area (Å²) < 4.78 is 5.03. The van der Waals surface area contributed by atoms with Gasteiger partial charge in [0.2, 0.25) is 0 Å². The van der Waals surface area contributed by atoms with Crippen LogP contribution in [0.25, 0.3) is 0 Å². The van der Waals surface area contributed by atoms with Gasteiger partial charge in [0.1, 0.15) is 6.61 Å². The first-order valence-corrected chi connectivity index (χ1v) is 7.36. The third-order valence-electron chi connectivity index (χ3n) is 3.74. The van der Waals surface area contributed by atoms with Crippen LogP contribution < -0.4 is 0 Å². The van der Waals surface area contributed by atoms with E-state index in [2.05, 4.69) is 0 Å². The smallest absolute Gasteiger partial charge is 0.338 e. The highest BCUT2D eigenvalue weighted by Crippen LogP contribution is 2.22. The molecule has 3 rings (SSSR count). The second-order valence-electron chi connectivity index (χ2n) is 5.25. The van der Waals surface area contributed by atoms with E-state index in [-0.39, 0.29) is 24.4 Å². The number of benzene rings is 2. The van der Waals surface area contributed by atoms with Crippen LogP contribution in [0, 0.1) is 10.1 Å². The van der Waals surface area contributed by atoms with Crippen LogP contribution in [0.2, 0.25) is 0 Å². The van der Waals surface area contributed by atoms with E-state index in [1.165, 1.54) is 24.3 Å². The van der Waals surface area contributed by atoms with Crippen molar-refractivity contribution in [3.8, 4) is 0 Å². The minimum Gasteiger partial charge on any atom is -0.460 e. The molecule has 126 valence electrons. The van der Waals surface area contributed by atoms with Crippen LogP contribution in [0.4, 0.5) is 5.69 Å². The number of carbonyl (C=O) groups excluding carboxylic acids is 3. The lowest BCUT2D eigenvalue weighted by atomic mass is 10.1. The van der Waals surface area contributed by atoms with Gasteiger partial charge in [-0.25, -0.2) is 4.79 Å². The van der Waals surface area contributed by atoms with E-state index in [9.17, 15) is 24.5 Å². The second kappa shape index (κ2) is 6.52. The van der Waals surface area contributed by atoms with Crippen LogP contribution in [0.15, 0.2) is 48.5 Å². The molecule has 8 nitrogen and oxygen atoms in total. The number of rotatable bonds is 5. The SMILES string of the molecule is O=C(OCCN1C(=O)c2ccccc2C1=O)c1ccc([N+](=O)[O-])cc1. The molecule has 25 heavy (non-hydrogen) atoms. The Bertz CT molecular complexity index is 840. The lowest BCUT2D eigenvalue weighted by molar-refractivity contribution is -0.384. The summed E-state index contributed by atoms with van der Waals surface area (Å²) in [5, 5.41) is 10.6. The Balaban J connectivity index is 1.58. The first-order valence-electron chi connectivity index (χ1n) is 7.36.